The molecular weight excluding hydrogens is 244 g/mol. The smallest absolute Gasteiger partial charge is 0.354 e. The summed E-state index contributed by atoms with van der Waals surface area (Å²) in [6.45, 7) is 3.95. The average molecular weight is 258 g/mol. The maximum absolute atomic E-state index is 11.4. The summed E-state index contributed by atoms with van der Waals surface area (Å²) in [6.07, 6.45) is 0.407. The highest BCUT2D eigenvalue weighted by Crippen LogP contribution is 2.13. The van der Waals surface area contributed by atoms with E-state index in [0.29, 0.717) is 12.2 Å². The molecule has 0 aliphatic heterocycles. The van der Waals surface area contributed by atoms with Crippen molar-refractivity contribution in [1.82, 2.24) is 9.97 Å². The first-order chi connectivity index (χ1) is 8.95. The Balaban J connectivity index is 2.40. The molecule has 0 amide bonds. The number of aromatic carboxylic acids is 1. The number of hydrogen-bond donors (Lipinski definition) is 2. The Morgan fingerprint density at radius 2 is 2.05 bits per heavy atom. The molecular formula is C14H14N2O3. The van der Waals surface area contributed by atoms with Gasteiger partial charge in [-0.15, -0.1) is 0 Å². The molecule has 2 aromatic rings. The number of aryl methyl sites for hydroxylation is 2. The number of rotatable bonds is 3. The molecule has 0 bridgehead atoms. The number of aromatic nitrogens is 2. The van der Waals surface area contributed by atoms with Crippen LogP contribution in [0.4, 0.5) is 0 Å². The van der Waals surface area contributed by atoms with E-state index in [1.165, 1.54) is 0 Å². The Morgan fingerprint density at radius 1 is 1.32 bits per heavy atom. The number of aromatic amines is 1. The van der Waals surface area contributed by atoms with Gasteiger partial charge in [0, 0.05) is 12.5 Å². The van der Waals surface area contributed by atoms with Crippen molar-refractivity contribution < 1.29 is 9.90 Å². The van der Waals surface area contributed by atoms with Crippen molar-refractivity contribution in [2.45, 2.75) is 20.3 Å². The fourth-order valence-corrected chi connectivity index (χ4v) is 1.87. The van der Waals surface area contributed by atoms with E-state index in [2.05, 4.69) is 9.97 Å². The molecule has 0 atom stereocenters. The minimum atomic E-state index is -1.20. The highest BCUT2D eigenvalue weighted by Gasteiger charge is 2.09. The summed E-state index contributed by atoms with van der Waals surface area (Å²) in [5, 5.41) is 8.88. The van der Waals surface area contributed by atoms with Gasteiger partial charge in [0.1, 0.15) is 5.82 Å². The van der Waals surface area contributed by atoms with Crippen LogP contribution in [0.1, 0.15) is 33.0 Å². The van der Waals surface area contributed by atoms with Crippen LogP contribution in [0.3, 0.4) is 0 Å². The number of benzene rings is 1. The summed E-state index contributed by atoms with van der Waals surface area (Å²) in [5.41, 5.74) is 2.52. The van der Waals surface area contributed by atoms with Crippen molar-refractivity contribution >= 4 is 5.97 Å². The van der Waals surface area contributed by atoms with E-state index >= 15 is 0 Å². The Morgan fingerprint density at radius 3 is 2.74 bits per heavy atom. The van der Waals surface area contributed by atoms with E-state index in [0.717, 1.165) is 22.8 Å². The maximum Gasteiger partial charge on any atom is 0.354 e. The number of carboxylic acids is 1. The van der Waals surface area contributed by atoms with Gasteiger partial charge < -0.3 is 10.1 Å². The first kappa shape index (κ1) is 13.0. The Kier molecular flexibility index (Phi) is 3.46. The molecule has 0 unspecified atom stereocenters. The zero-order chi connectivity index (χ0) is 14.0. The van der Waals surface area contributed by atoms with Gasteiger partial charge >= 0.3 is 5.97 Å². The van der Waals surface area contributed by atoms with Crippen LogP contribution in [0.2, 0.25) is 0 Å². The molecule has 0 saturated carbocycles. The summed E-state index contributed by atoms with van der Waals surface area (Å²) in [7, 11) is 0. The third-order valence-corrected chi connectivity index (χ3v) is 2.87. The van der Waals surface area contributed by atoms with Gasteiger partial charge in [-0.1, -0.05) is 23.8 Å². The Labute approximate surface area is 110 Å². The summed E-state index contributed by atoms with van der Waals surface area (Å²) >= 11 is 0. The van der Waals surface area contributed by atoms with Gasteiger partial charge in [0.05, 0.1) is 0 Å². The number of carbonyl (C=O) groups is 1. The van der Waals surface area contributed by atoms with Gasteiger partial charge in [-0.25, -0.2) is 9.78 Å². The third-order valence-electron chi connectivity index (χ3n) is 2.87. The quantitative estimate of drug-likeness (QED) is 0.877. The van der Waals surface area contributed by atoms with Crippen molar-refractivity contribution in [2.75, 3.05) is 0 Å². The summed E-state index contributed by atoms with van der Waals surface area (Å²) in [4.78, 5) is 28.8. The molecule has 1 heterocycles. The topological polar surface area (TPSA) is 83.0 Å². The van der Waals surface area contributed by atoms with Crippen molar-refractivity contribution in [2.24, 2.45) is 0 Å². The average Bonchev–Trinajstić information content (AvgIpc) is 2.33. The van der Waals surface area contributed by atoms with E-state index in [1.54, 1.807) is 0 Å². The van der Waals surface area contributed by atoms with E-state index in [1.807, 2.05) is 32.0 Å². The number of nitrogens with one attached hydrogen (secondary N) is 1. The van der Waals surface area contributed by atoms with Gasteiger partial charge in [0.2, 0.25) is 0 Å². The van der Waals surface area contributed by atoms with Crippen LogP contribution in [0.15, 0.2) is 29.1 Å². The Bertz CT molecular complexity index is 689. The minimum Gasteiger partial charge on any atom is -0.477 e. The second-order valence-electron chi connectivity index (χ2n) is 4.49. The largest absolute Gasteiger partial charge is 0.477 e. The zero-order valence-electron chi connectivity index (χ0n) is 10.7. The monoisotopic (exact) mass is 258 g/mol. The number of hydrogen-bond acceptors (Lipinski definition) is 3. The standard InChI is InChI=1S/C14H14N2O3/c1-8-3-4-9(2)10(5-8)6-12-15-11(14(18)19)7-13(17)16-12/h3-5,7H,6H2,1-2H3,(H,18,19)(H,15,16,17). The highest BCUT2D eigenvalue weighted by atomic mass is 16.4. The van der Waals surface area contributed by atoms with Gasteiger partial charge in [-0.05, 0) is 25.0 Å². The number of nitrogens with zero attached hydrogens (tertiary/aromatic N) is 1. The predicted molar refractivity (Wildman–Crippen MR) is 70.5 cm³/mol. The normalized spacial score (nSPS) is 10.4. The summed E-state index contributed by atoms with van der Waals surface area (Å²) in [6, 6.07) is 6.98. The second-order valence-corrected chi connectivity index (χ2v) is 4.49. The van der Waals surface area contributed by atoms with Crippen molar-refractivity contribution in [3.63, 3.8) is 0 Å². The molecule has 5 heteroatoms. The summed E-state index contributed by atoms with van der Waals surface area (Å²) in [5.74, 6) is -0.841. The third kappa shape index (κ3) is 3.07. The van der Waals surface area contributed by atoms with Gasteiger partial charge in [-0.2, -0.15) is 0 Å². The molecule has 0 spiro atoms. The fourth-order valence-electron chi connectivity index (χ4n) is 1.87. The maximum atomic E-state index is 11.4. The first-order valence-electron chi connectivity index (χ1n) is 5.85. The van der Waals surface area contributed by atoms with Crippen LogP contribution in [-0.2, 0) is 6.42 Å². The summed E-state index contributed by atoms with van der Waals surface area (Å²) < 4.78 is 0. The lowest BCUT2D eigenvalue weighted by molar-refractivity contribution is 0.0689. The molecule has 0 fully saturated rings. The molecule has 5 nitrogen and oxygen atoms in total. The van der Waals surface area contributed by atoms with Crippen molar-refractivity contribution in [3.8, 4) is 0 Å². The second kappa shape index (κ2) is 5.06. The van der Waals surface area contributed by atoms with Crippen molar-refractivity contribution in [1.29, 1.82) is 0 Å². The van der Waals surface area contributed by atoms with Gasteiger partial charge in [-0.3, -0.25) is 4.79 Å². The van der Waals surface area contributed by atoms with Crippen LogP contribution in [-0.4, -0.2) is 21.0 Å². The van der Waals surface area contributed by atoms with Crippen molar-refractivity contribution in [3.05, 3.63) is 62.8 Å². The lowest BCUT2D eigenvalue weighted by Gasteiger charge is -2.07. The predicted octanol–water partition coefficient (Wildman–Crippen LogP) is 1.68. The minimum absolute atomic E-state index is 0.232. The molecule has 2 rings (SSSR count). The first-order valence-corrected chi connectivity index (χ1v) is 5.85. The molecule has 0 radical (unpaired) electrons. The van der Waals surface area contributed by atoms with E-state index in [9.17, 15) is 9.59 Å². The molecule has 1 aromatic heterocycles. The SMILES string of the molecule is Cc1ccc(C)c(Cc2nc(C(=O)O)cc(=O)[nH]2)c1. The van der Waals surface area contributed by atoms with Crippen LogP contribution < -0.4 is 5.56 Å². The number of carboxylic acid groups (broad SMARTS) is 1. The fraction of sp³-hybridized carbons (Fsp3) is 0.214. The Hall–Kier alpha value is -2.43. The van der Waals surface area contributed by atoms with Crippen LogP contribution in [0, 0.1) is 13.8 Å². The molecule has 2 N–H and O–H groups in total. The molecule has 0 saturated heterocycles. The molecule has 0 aliphatic rings. The highest BCUT2D eigenvalue weighted by molar-refractivity contribution is 5.85. The van der Waals surface area contributed by atoms with Gasteiger partial charge in [0.15, 0.2) is 5.69 Å². The van der Waals surface area contributed by atoms with Gasteiger partial charge in [0.25, 0.3) is 5.56 Å². The van der Waals surface area contributed by atoms with E-state index in [4.69, 9.17) is 5.11 Å². The molecule has 98 valence electrons. The van der Waals surface area contributed by atoms with E-state index in [-0.39, 0.29) is 5.69 Å². The molecule has 0 aliphatic carbocycles. The lowest BCUT2D eigenvalue weighted by Crippen LogP contribution is -2.16. The molecule has 1 aromatic carbocycles. The van der Waals surface area contributed by atoms with Crippen LogP contribution in [0.25, 0.3) is 0 Å². The van der Waals surface area contributed by atoms with Crippen LogP contribution >= 0.6 is 0 Å². The number of H-pyrrole nitrogens is 1. The molecule has 19 heavy (non-hydrogen) atoms. The van der Waals surface area contributed by atoms with E-state index < -0.39 is 11.5 Å². The zero-order valence-corrected chi connectivity index (χ0v) is 10.7. The lowest BCUT2D eigenvalue weighted by atomic mass is 10.0. The van der Waals surface area contributed by atoms with Crippen LogP contribution in [0.5, 0.6) is 0 Å².